The van der Waals surface area contributed by atoms with E-state index in [1.165, 1.54) is 14.0 Å². The third-order valence-corrected chi connectivity index (χ3v) is 3.54. The molecule has 5 nitrogen and oxygen atoms in total. The summed E-state index contributed by atoms with van der Waals surface area (Å²) in [7, 11) is 1.46. The number of carbonyl (C=O) groups is 2. The van der Waals surface area contributed by atoms with Crippen LogP contribution in [0.25, 0.3) is 0 Å². The highest BCUT2D eigenvalue weighted by Crippen LogP contribution is 2.29. The van der Waals surface area contributed by atoms with Gasteiger partial charge in [0.05, 0.1) is 12.1 Å². The van der Waals surface area contributed by atoms with Crippen LogP contribution in [0, 0.1) is 6.92 Å². The summed E-state index contributed by atoms with van der Waals surface area (Å²) in [5, 5.41) is 0.345. The lowest BCUT2D eigenvalue weighted by atomic mass is 10.1. The molecule has 0 saturated heterocycles. The fourth-order valence-corrected chi connectivity index (χ4v) is 2.14. The molecule has 2 aromatic rings. The topological polar surface area (TPSA) is 61.8 Å². The van der Waals surface area contributed by atoms with Gasteiger partial charge in [-0.3, -0.25) is 4.79 Å². The summed E-state index contributed by atoms with van der Waals surface area (Å²) in [6.45, 7) is 3.00. The maximum absolute atomic E-state index is 11.9. The Morgan fingerprint density at radius 2 is 1.79 bits per heavy atom. The van der Waals surface area contributed by atoms with E-state index in [1.807, 2.05) is 13.0 Å². The standard InChI is InChI=1S/C18H17ClO5/c1-11-4-6-14(19)16(8-11)24-18(21)10-23-15-7-5-13(12(2)20)9-17(15)22-3/h4-9H,10H2,1-3H3. The van der Waals surface area contributed by atoms with Gasteiger partial charge in [-0.1, -0.05) is 17.7 Å². The van der Waals surface area contributed by atoms with E-state index in [2.05, 4.69) is 0 Å². The molecule has 0 radical (unpaired) electrons. The lowest BCUT2D eigenvalue weighted by Gasteiger charge is -2.12. The summed E-state index contributed by atoms with van der Waals surface area (Å²) in [6, 6.07) is 9.87. The number of halogens is 1. The van der Waals surface area contributed by atoms with E-state index in [9.17, 15) is 9.59 Å². The predicted octanol–water partition coefficient (Wildman–Crippen LogP) is 3.84. The maximum Gasteiger partial charge on any atom is 0.349 e. The van der Waals surface area contributed by atoms with E-state index >= 15 is 0 Å². The molecule has 6 heteroatoms. The second kappa shape index (κ2) is 7.84. The van der Waals surface area contributed by atoms with Gasteiger partial charge in [-0.25, -0.2) is 4.79 Å². The van der Waals surface area contributed by atoms with E-state index in [0.717, 1.165) is 5.56 Å². The van der Waals surface area contributed by atoms with Gasteiger partial charge in [0.15, 0.2) is 23.9 Å². The Bertz CT molecular complexity index is 770. The molecule has 0 aliphatic carbocycles. The zero-order chi connectivity index (χ0) is 17.7. The van der Waals surface area contributed by atoms with Crippen LogP contribution < -0.4 is 14.2 Å². The predicted molar refractivity (Wildman–Crippen MR) is 90.3 cm³/mol. The molecule has 0 heterocycles. The van der Waals surface area contributed by atoms with Crippen LogP contribution in [0.2, 0.25) is 5.02 Å². The van der Waals surface area contributed by atoms with Crippen LogP contribution in [0.1, 0.15) is 22.8 Å². The zero-order valence-corrected chi connectivity index (χ0v) is 14.3. The summed E-state index contributed by atoms with van der Waals surface area (Å²) in [5.41, 5.74) is 1.41. The Morgan fingerprint density at radius 3 is 2.46 bits per heavy atom. The van der Waals surface area contributed by atoms with Crippen LogP contribution in [-0.4, -0.2) is 25.5 Å². The molecule has 0 aliphatic heterocycles. The first-order valence-corrected chi connectivity index (χ1v) is 7.57. The van der Waals surface area contributed by atoms with Crippen LogP contribution in [0.3, 0.4) is 0 Å². The molecule has 126 valence electrons. The number of ether oxygens (including phenoxy) is 3. The van der Waals surface area contributed by atoms with E-state index < -0.39 is 5.97 Å². The first kappa shape index (κ1) is 17.8. The van der Waals surface area contributed by atoms with Crippen molar-refractivity contribution in [2.75, 3.05) is 13.7 Å². The summed E-state index contributed by atoms with van der Waals surface area (Å²) in [4.78, 5) is 23.3. The summed E-state index contributed by atoms with van der Waals surface area (Å²) < 4.78 is 15.8. The second-order valence-corrected chi connectivity index (χ2v) is 5.53. The summed E-state index contributed by atoms with van der Waals surface area (Å²) >= 11 is 5.98. The Kier molecular flexibility index (Phi) is 5.82. The van der Waals surface area contributed by atoms with Gasteiger partial charge in [0.25, 0.3) is 0 Å². The van der Waals surface area contributed by atoms with Gasteiger partial charge in [-0.2, -0.15) is 0 Å². The molecule has 24 heavy (non-hydrogen) atoms. The van der Waals surface area contributed by atoms with Crippen molar-refractivity contribution >= 4 is 23.4 Å². The smallest absolute Gasteiger partial charge is 0.349 e. The highest BCUT2D eigenvalue weighted by atomic mass is 35.5. The largest absolute Gasteiger partial charge is 0.493 e. The molecule has 0 spiro atoms. The van der Waals surface area contributed by atoms with Crippen molar-refractivity contribution in [3.8, 4) is 17.2 Å². The van der Waals surface area contributed by atoms with Crippen LogP contribution >= 0.6 is 11.6 Å². The first-order valence-electron chi connectivity index (χ1n) is 7.19. The highest BCUT2D eigenvalue weighted by Gasteiger charge is 2.13. The Labute approximate surface area is 145 Å². The molecule has 0 unspecified atom stereocenters. The van der Waals surface area contributed by atoms with Gasteiger partial charge in [-0.15, -0.1) is 0 Å². The van der Waals surface area contributed by atoms with E-state index in [1.54, 1.807) is 30.3 Å². The van der Waals surface area contributed by atoms with Crippen LogP contribution in [0.5, 0.6) is 17.2 Å². The first-order chi connectivity index (χ1) is 11.4. The molecular formula is C18H17ClO5. The highest BCUT2D eigenvalue weighted by molar-refractivity contribution is 6.32. The summed E-state index contributed by atoms with van der Waals surface area (Å²) in [5.74, 6) is 0.302. The van der Waals surface area contributed by atoms with Crippen LogP contribution in [0.4, 0.5) is 0 Å². The lowest BCUT2D eigenvalue weighted by molar-refractivity contribution is -0.136. The van der Waals surface area contributed by atoms with E-state index in [4.69, 9.17) is 25.8 Å². The molecule has 2 aromatic carbocycles. The molecular weight excluding hydrogens is 332 g/mol. The average molecular weight is 349 g/mol. The molecule has 0 saturated carbocycles. The number of methoxy groups -OCH3 is 1. The maximum atomic E-state index is 11.9. The average Bonchev–Trinajstić information content (AvgIpc) is 2.56. The minimum atomic E-state index is -0.597. The number of Topliss-reactive ketones (excluding diaryl/α,β-unsaturated/α-hetero) is 1. The fourth-order valence-electron chi connectivity index (χ4n) is 1.98. The Morgan fingerprint density at radius 1 is 1.04 bits per heavy atom. The van der Waals surface area contributed by atoms with Gasteiger partial charge < -0.3 is 14.2 Å². The number of benzene rings is 2. The summed E-state index contributed by atoms with van der Waals surface area (Å²) in [6.07, 6.45) is 0. The minimum Gasteiger partial charge on any atom is -0.493 e. The molecule has 0 amide bonds. The molecule has 2 rings (SSSR count). The third-order valence-electron chi connectivity index (χ3n) is 3.23. The zero-order valence-electron chi connectivity index (χ0n) is 13.6. The second-order valence-electron chi connectivity index (χ2n) is 5.12. The lowest BCUT2D eigenvalue weighted by Crippen LogP contribution is -2.18. The van der Waals surface area contributed by atoms with Crippen molar-refractivity contribution in [2.24, 2.45) is 0 Å². The number of carbonyl (C=O) groups excluding carboxylic acids is 2. The van der Waals surface area contributed by atoms with E-state index in [-0.39, 0.29) is 18.1 Å². The van der Waals surface area contributed by atoms with Crippen molar-refractivity contribution < 1.29 is 23.8 Å². The minimum absolute atomic E-state index is 0.0895. The number of esters is 1. The molecule has 0 N–H and O–H groups in total. The number of hydrogen-bond donors (Lipinski definition) is 0. The van der Waals surface area contributed by atoms with Crippen molar-refractivity contribution in [3.63, 3.8) is 0 Å². The quantitative estimate of drug-likeness (QED) is 0.451. The number of rotatable bonds is 6. The van der Waals surface area contributed by atoms with Crippen molar-refractivity contribution in [3.05, 3.63) is 52.5 Å². The van der Waals surface area contributed by atoms with Crippen molar-refractivity contribution in [1.29, 1.82) is 0 Å². The van der Waals surface area contributed by atoms with E-state index in [0.29, 0.717) is 22.1 Å². The molecule has 0 fully saturated rings. The van der Waals surface area contributed by atoms with Crippen LogP contribution in [0.15, 0.2) is 36.4 Å². The fraction of sp³-hybridized carbons (Fsp3) is 0.222. The normalized spacial score (nSPS) is 10.2. The number of aryl methyl sites for hydroxylation is 1. The molecule has 0 aromatic heterocycles. The Balaban J connectivity index is 2.03. The monoisotopic (exact) mass is 348 g/mol. The SMILES string of the molecule is COc1cc(C(C)=O)ccc1OCC(=O)Oc1cc(C)ccc1Cl. The van der Waals surface area contributed by atoms with Crippen LogP contribution in [-0.2, 0) is 4.79 Å². The molecule has 0 atom stereocenters. The van der Waals surface area contributed by atoms with Gasteiger partial charge >= 0.3 is 5.97 Å². The van der Waals surface area contributed by atoms with Gasteiger partial charge in [0, 0.05) is 5.56 Å². The van der Waals surface area contributed by atoms with Gasteiger partial charge in [-0.05, 0) is 49.7 Å². The molecule has 0 bridgehead atoms. The third kappa shape index (κ3) is 4.49. The van der Waals surface area contributed by atoms with Gasteiger partial charge in [0.2, 0.25) is 0 Å². The van der Waals surface area contributed by atoms with Crippen molar-refractivity contribution in [2.45, 2.75) is 13.8 Å². The Hall–Kier alpha value is -2.53. The van der Waals surface area contributed by atoms with Crippen molar-refractivity contribution in [1.82, 2.24) is 0 Å². The van der Waals surface area contributed by atoms with Gasteiger partial charge in [0.1, 0.15) is 5.75 Å². The molecule has 0 aliphatic rings. The number of ketones is 1. The number of hydrogen-bond acceptors (Lipinski definition) is 5.